The lowest BCUT2D eigenvalue weighted by atomic mass is 9.73. The van der Waals surface area contributed by atoms with Gasteiger partial charge in [0.25, 0.3) is 0 Å². The van der Waals surface area contributed by atoms with Gasteiger partial charge in [0.05, 0.1) is 23.8 Å². The number of alkyl halides is 3. The second-order valence-electron chi connectivity index (χ2n) is 9.13. The Hall–Kier alpha value is -2.31. The molecule has 1 aromatic rings. The van der Waals surface area contributed by atoms with Crippen molar-refractivity contribution in [3.8, 4) is 6.07 Å². The molecule has 0 aromatic heterocycles. The van der Waals surface area contributed by atoms with Crippen molar-refractivity contribution in [2.45, 2.75) is 25.4 Å². The number of halogens is 3. The van der Waals surface area contributed by atoms with Crippen molar-refractivity contribution in [1.82, 2.24) is 4.90 Å². The number of ether oxygens (including phenoxy) is 2. The lowest BCUT2D eigenvalue weighted by Gasteiger charge is -2.44. The van der Waals surface area contributed by atoms with Crippen LogP contribution in [-0.2, 0) is 20.4 Å². The maximum atomic E-state index is 13.5. The maximum absolute atomic E-state index is 13.5. The molecule has 4 rings (SSSR count). The molecular formula is C23H28F3N3O3. The highest BCUT2D eigenvalue weighted by Crippen LogP contribution is 2.46. The van der Waals surface area contributed by atoms with E-state index in [0.29, 0.717) is 51.7 Å². The quantitative estimate of drug-likeness (QED) is 0.703. The number of nitriles is 1. The van der Waals surface area contributed by atoms with Gasteiger partial charge in [0.2, 0.25) is 5.91 Å². The topological polar surface area (TPSA) is 65.8 Å². The molecule has 3 heterocycles. The summed E-state index contributed by atoms with van der Waals surface area (Å²) >= 11 is 0. The zero-order valence-electron chi connectivity index (χ0n) is 18.2. The smallest absolute Gasteiger partial charge is 0.384 e. The zero-order valence-corrected chi connectivity index (χ0v) is 18.2. The van der Waals surface area contributed by atoms with Crippen molar-refractivity contribution >= 4 is 11.6 Å². The van der Waals surface area contributed by atoms with Gasteiger partial charge in [-0.25, -0.2) is 0 Å². The largest absolute Gasteiger partial charge is 0.417 e. The van der Waals surface area contributed by atoms with Gasteiger partial charge in [0.1, 0.15) is 0 Å². The molecular weight excluding hydrogens is 423 g/mol. The highest BCUT2D eigenvalue weighted by molar-refractivity contribution is 5.79. The van der Waals surface area contributed by atoms with Gasteiger partial charge in [0.15, 0.2) is 0 Å². The summed E-state index contributed by atoms with van der Waals surface area (Å²) in [6, 6.07) is 5.53. The summed E-state index contributed by atoms with van der Waals surface area (Å²) in [4.78, 5) is 16.9. The number of methoxy groups -OCH3 is 1. The van der Waals surface area contributed by atoms with Gasteiger partial charge in [-0.3, -0.25) is 4.79 Å². The number of likely N-dealkylation sites (tertiary alicyclic amines) is 1. The first kappa shape index (κ1) is 22.9. The second kappa shape index (κ2) is 8.91. The van der Waals surface area contributed by atoms with E-state index in [2.05, 4.69) is 0 Å². The summed E-state index contributed by atoms with van der Waals surface area (Å²) in [5.74, 6) is 0.254. The molecule has 174 valence electrons. The van der Waals surface area contributed by atoms with Crippen LogP contribution in [0.25, 0.3) is 0 Å². The lowest BCUT2D eigenvalue weighted by molar-refractivity contribution is -0.143. The van der Waals surface area contributed by atoms with Crippen molar-refractivity contribution in [3.05, 3.63) is 29.3 Å². The molecule has 3 fully saturated rings. The van der Waals surface area contributed by atoms with E-state index in [4.69, 9.17) is 14.7 Å². The number of amides is 1. The first-order valence-corrected chi connectivity index (χ1v) is 11.0. The molecule has 3 aliphatic rings. The van der Waals surface area contributed by atoms with E-state index >= 15 is 0 Å². The van der Waals surface area contributed by atoms with Gasteiger partial charge in [-0.1, -0.05) is 0 Å². The van der Waals surface area contributed by atoms with E-state index in [0.717, 1.165) is 25.3 Å². The lowest BCUT2D eigenvalue weighted by Crippen LogP contribution is -2.52. The van der Waals surface area contributed by atoms with Gasteiger partial charge in [-0.15, -0.1) is 0 Å². The van der Waals surface area contributed by atoms with Crippen LogP contribution in [0, 0.1) is 28.6 Å². The number of hydrogen-bond acceptors (Lipinski definition) is 5. The Labute approximate surface area is 185 Å². The summed E-state index contributed by atoms with van der Waals surface area (Å²) in [6.45, 7) is 4.03. The molecule has 0 N–H and O–H groups in total. The molecule has 3 saturated heterocycles. The van der Waals surface area contributed by atoms with Crippen LogP contribution >= 0.6 is 0 Å². The first-order valence-electron chi connectivity index (χ1n) is 11.0. The van der Waals surface area contributed by atoms with Crippen molar-refractivity contribution in [1.29, 1.82) is 5.26 Å². The fraction of sp³-hybridized carbons (Fsp3) is 0.652. The minimum absolute atomic E-state index is 0.0101. The van der Waals surface area contributed by atoms with Crippen molar-refractivity contribution in [2.24, 2.45) is 17.3 Å². The number of carbonyl (C=O) groups is 1. The molecule has 0 radical (unpaired) electrons. The molecule has 1 amide bonds. The van der Waals surface area contributed by atoms with Gasteiger partial charge >= 0.3 is 6.18 Å². The Kier molecular flexibility index (Phi) is 6.37. The molecule has 1 aromatic carbocycles. The van der Waals surface area contributed by atoms with E-state index in [-0.39, 0.29) is 28.7 Å². The number of carbonyl (C=O) groups excluding carboxylic acids is 1. The predicted octanol–water partition coefficient (Wildman–Crippen LogP) is 3.30. The Morgan fingerprint density at radius 3 is 2.72 bits per heavy atom. The van der Waals surface area contributed by atoms with E-state index < -0.39 is 11.7 Å². The van der Waals surface area contributed by atoms with Gasteiger partial charge in [0, 0.05) is 69.4 Å². The van der Waals surface area contributed by atoms with Gasteiger partial charge in [-0.05, 0) is 37.5 Å². The summed E-state index contributed by atoms with van der Waals surface area (Å²) in [5, 5.41) is 9.08. The van der Waals surface area contributed by atoms with Crippen molar-refractivity contribution in [3.63, 3.8) is 0 Å². The van der Waals surface area contributed by atoms with Gasteiger partial charge < -0.3 is 19.3 Å². The molecule has 3 aliphatic heterocycles. The van der Waals surface area contributed by atoms with Crippen LogP contribution in [0.1, 0.15) is 30.4 Å². The van der Waals surface area contributed by atoms with Gasteiger partial charge in [-0.2, -0.15) is 18.4 Å². The van der Waals surface area contributed by atoms with Crippen LogP contribution in [0.5, 0.6) is 0 Å². The van der Waals surface area contributed by atoms with Crippen LogP contribution in [0.15, 0.2) is 18.2 Å². The van der Waals surface area contributed by atoms with E-state index in [9.17, 15) is 18.0 Å². The second-order valence-corrected chi connectivity index (χ2v) is 9.13. The number of hydrogen-bond donors (Lipinski definition) is 0. The zero-order chi connectivity index (χ0) is 22.9. The third kappa shape index (κ3) is 4.30. The van der Waals surface area contributed by atoms with Crippen LogP contribution in [0.2, 0.25) is 0 Å². The average molecular weight is 451 g/mol. The normalized spacial score (nSPS) is 26.7. The van der Waals surface area contributed by atoms with Crippen LogP contribution in [0.4, 0.5) is 18.9 Å². The molecule has 0 aliphatic carbocycles. The average Bonchev–Trinajstić information content (AvgIpc) is 3.17. The third-order valence-electron chi connectivity index (χ3n) is 7.24. The molecule has 0 saturated carbocycles. The van der Waals surface area contributed by atoms with E-state index in [1.54, 1.807) is 19.2 Å². The molecule has 2 atom stereocenters. The summed E-state index contributed by atoms with van der Waals surface area (Å²) in [6.07, 6.45) is -2.37. The molecule has 6 nitrogen and oxygen atoms in total. The predicted molar refractivity (Wildman–Crippen MR) is 111 cm³/mol. The summed E-state index contributed by atoms with van der Waals surface area (Å²) in [7, 11) is 1.64. The molecule has 0 unspecified atom stereocenters. The number of rotatable bonds is 4. The molecule has 0 spiro atoms. The number of benzene rings is 1. The number of anilines is 1. The minimum atomic E-state index is -4.59. The molecule has 9 heteroatoms. The molecule has 0 bridgehead atoms. The highest BCUT2D eigenvalue weighted by atomic mass is 19.4. The van der Waals surface area contributed by atoms with Crippen LogP contribution in [0.3, 0.4) is 0 Å². The van der Waals surface area contributed by atoms with E-state index in [1.807, 2.05) is 9.80 Å². The monoisotopic (exact) mass is 451 g/mol. The van der Waals surface area contributed by atoms with Crippen molar-refractivity contribution in [2.75, 3.05) is 58.0 Å². The summed E-state index contributed by atoms with van der Waals surface area (Å²) < 4.78 is 51.3. The first-order chi connectivity index (χ1) is 15.3. The molecule has 32 heavy (non-hydrogen) atoms. The van der Waals surface area contributed by atoms with Crippen molar-refractivity contribution < 1.29 is 27.4 Å². The maximum Gasteiger partial charge on any atom is 0.417 e. The Morgan fingerprint density at radius 2 is 2.06 bits per heavy atom. The van der Waals surface area contributed by atoms with Crippen LogP contribution in [-0.4, -0.2) is 63.9 Å². The minimum Gasteiger partial charge on any atom is -0.384 e. The Bertz CT molecular complexity index is 895. The van der Waals surface area contributed by atoms with Crippen LogP contribution < -0.4 is 4.90 Å². The standard InChI is InChI=1S/C23H28F3N3O3/c1-31-15-22-6-7-28(21(30)16-4-8-32-9-5-16)12-18(22)13-29(14-22)19-3-2-17(11-27)20(10-19)23(24,25)26/h2-3,10,16,18H,4-9,12-15H2,1H3/t18-,22+/m1/s1. The van der Waals surface area contributed by atoms with E-state index in [1.165, 1.54) is 6.07 Å². The number of piperidine rings is 1. The SMILES string of the molecule is COC[C@@]12CCN(C(=O)C3CCOCC3)C[C@@H]1CN(c1ccc(C#N)c(C(F)(F)F)c1)C2. The Morgan fingerprint density at radius 1 is 1.31 bits per heavy atom. The fourth-order valence-electron chi connectivity index (χ4n) is 5.47. The number of fused-ring (bicyclic) bond motifs is 1. The Balaban J connectivity index is 1.55. The highest BCUT2D eigenvalue weighted by Gasteiger charge is 2.51. The third-order valence-corrected chi connectivity index (χ3v) is 7.24. The number of nitrogens with zero attached hydrogens (tertiary/aromatic N) is 3. The summed E-state index contributed by atoms with van der Waals surface area (Å²) in [5.41, 5.74) is -1.06. The fourth-order valence-corrected chi connectivity index (χ4v) is 5.47.